The van der Waals surface area contributed by atoms with Crippen LogP contribution in [0.25, 0.3) is 0 Å². The fraction of sp³-hybridized carbons (Fsp3) is 0.947. The van der Waals surface area contributed by atoms with E-state index in [2.05, 4.69) is 27.3 Å². The van der Waals surface area contributed by atoms with E-state index in [1.807, 2.05) is 18.7 Å². The van der Waals surface area contributed by atoms with Crippen molar-refractivity contribution in [3.8, 4) is 0 Å². The molecule has 164 valence electrons. The molecule has 3 unspecified atom stereocenters. The number of thioether (sulfide) groups is 1. The minimum absolute atomic E-state index is 0.00469. The first-order valence-corrected chi connectivity index (χ1v) is 13.5. The third-order valence-electron chi connectivity index (χ3n) is 5.15. The van der Waals surface area contributed by atoms with Crippen molar-refractivity contribution in [1.82, 2.24) is 15.4 Å². The smallest absolute Gasteiger partial charge is 0.213 e. The molecule has 1 aliphatic heterocycles. The molecule has 3 N–H and O–H groups in total. The Morgan fingerprint density at radius 3 is 2.75 bits per heavy atom. The van der Waals surface area contributed by atoms with Crippen molar-refractivity contribution in [3.63, 3.8) is 0 Å². The first kappa shape index (κ1) is 23.8. The highest BCUT2D eigenvalue weighted by atomic mass is 32.2. The molecule has 0 amide bonds. The van der Waals surface area contributed by atoms with Gasteiger partial charge in [0.1, 0.15) is 0 Å². The lowest BCUT2D eigenvalue weighted by Gasteiger charge is -2.30. The Morgan fingerprint density at radius 1 is 1.18 bits per heavy atom. The molecule has 2 fully saturated rings. The maximum atomic E-state index is 12.2. The van der Waals surface area contributed by atoms with E-state index in [1.165, 1.54) is 12.8 Å². The van der Waals surface area contributed by atoms with Crippen LogP contribution in [0.15, 0.2) is 4.99 Å². The highest BCUT2D eigenvalue weighted by Gasteiger charge is 2.22. The molecule has 0 aromatic carbocycles. The zero-order valence-electron chi connectivity index (χ0n) is 17.4. The zero-order valence-corrected chi connectivity index (χ0v) is 19.0. The van der Waals surface area contributed by atoms with Gasteiger partial charge in [0.05, 0.1) is 18.4 Å². The minimum Gasteiger partial charge on any atom is -0.377 e. The SMILES string of the molecule is CCNC(=NCCS(=O)(=O)NCC1CCCCO1)NC1CCCC(SCC)C1. The van der Waals surface area contributed by atoms with Crippen LogP contribution in [-0.2, 0) is 14.8 Å². The highest BCUT2D eigenvalue weighted by molar-refractivity contribution is 7.99. The molecule has 0 aromatic rings. The second-order valence-corrected chi connectivity index (χ2v) is 11.0. The number of hydrogen-bond acceptors (Lipinski definition) is 5. The summed E-state index contributed by atoms with van der Waals surface area (Å²) in [6, 6.07) is 0.411. The normalized spacial score (nSPS) is 26.8. The Labute approximate surface area is 175 Å². The minimum atomic E-state index is -3.34. The second kappa shape index (κ2) is 12.9. The molecule has 28 heavy (non-hydrogen) atoms. The monoisotopic (exact) mass is 434 g/mol. The highest BCUT2D eigenvalue weighted by Crippen LogP contribution is 2.28. The maximum Gasteiger partial charge on any atom is 0.213 e. The first-order chi connectivity index (χ1) is 13.5. The summed E-state index contributed by atoms with van der Waals surface area (Å²) in [6.07, 6.45) is 7.91. The summed E-state index contributed by atoms with van der Waals surface area (Å²) >= 11 is 2.04. The van der Waals surface area contributed by atoms with Crippen LogP contribution >= 0.6 is 11.8 Å². The van der Waals surface area contributed by atoms with E-state index in [9.17, 15) is 8.42 Å². The lowest BCUT2D eigenvalue weighted by molar-refractivity contribution is 0.0200. The quantitative estimate of drug-likeness (QED) is 0.360. The molecular weight excluding hydrogens is 396 g/mol. The van der Waals surface area contributed by atoms with E-state index in [0.717, 1.165) is 57.0 Å². The summed E-state index contributed by atoms with van der Waals surface area (Å²) in [4.78, 5) is 4.50. The van der Waals surface area contributed by atoms with Crippen LogP contribution in [0, 0.1) is 0 Å². The van der Waals surface area contributed by atoms with Crippen LogP contribution in [0.1, 0.15) is 58.8 Å². The predicted molar refractivity (Wildman–Crippen MR) is 119 cm³/mol. The lowest BCUT2D eigenvalue weighted by atomic mass is 9.95. The summed E-state index contributed by atoms with van der Waals surface area (Å²) in [5.41, 5.74) is 0. The van der Waals surface area contributed by atoms with Gasteiger partial charge in [-0.25, -0.2) is 13.1 Å². The molecular formula is C19H38N4O3S2. The number of sulfonamides is 1. The van der Waals surface area contributed by atoms with Gasteiger partial charge in [-0.1, -0.05) is 13.3 Å². The standard InChI is InChI=1S/C19H38N4O3S2/c1-3-20-19(23-16-8-7-10-18(14-16)27-4-2)21-11-13-28(24,25)22-15-17-9-5-6-12-26-17/h16-18,22H,3-15H2,1-2H3,(H2,20,21,23). The van der Waals surface area contributed by atoms with Gasteiger partial charge in [0.2, 0.25) is 10.0 Å². The molecule has 7 nitrogen and oxygen atoms in total. The predicted octanol–water partition coefficient (Wildman–Crippen LogP) is 2.09. The molecule has 1 saturated carbocycles. The average molecular weight is 435 g/mol. The van der Waals surface area contributed by atoms with Crippen LogP contribution < -0.4 is 15.4 Å². The third kappa shape index (κ3) is 9.33. The van der Waals surface area contributed by atoms with Crippen molar-refractivity contribution < 1.29 is 13.2 Å². The summed E-state index contributed by atoms with van der Waals surface area (Å²) in [5, 5.41) is 7.46. The van der Waals surface area contributed by atoms with E-state index in [-0.39, 0.29) is 18.4 Å². The molecule has 0 bridgehead atoms. The summed E-state index contributed by atoms with van der Waals surface area (Å²) in [7, 11) is -3.34. The Bertz CT molecular complexity index is 564. The third-order valence-corrected chi connectivity index (χ3v) is 7.71. The fourth-order valence-electron chi connectivity index (χ4n) is 3.71. The maximum absolute atomic E-state index is 12.2. The number of nitrogens with zero attached hydrogens (tertiary/aromatic N) is 1. The van der Waals surface area contributed by atoms with E-state index in [1.54, 1.807) is 0 Å². The van der Waals surface area contributed by atoms with E-state index in [4.69, 9.17) is 4.74 Å². The molecule has 1 saturated heterocycles. The molecule has 1 heterocycles. The number of aliphatic imine (C=N–C) groups is 1. The molecule has 0 spiro atoms. The second-order valence-electron chi connectivity index (χ2n) is 7.50. The van der Waals surface area contributed by atoms with Crippen molar-refractivity contribution in [3.05, 3.63) is 0 Å². The summed E-state index contributed by atoms with van der Waals surface area (Å²) in [6.45, 7) is 6.33. The van der Waals surface area contributed by atoms with Gasteiger partial charge < -0.3 is 15.4 Å². The Kier molecular flexibility index (Phi) is 11.0. The van der Waals surface area contributed by atoms with Gasteiger partial charge in [0.25, 0.3) is 0 Å². The largest absolute Gasteiger partial charge is 0.377 e. The Morgan fingerprint density at radius 2 is 2.04 bits per heavy atom. The molecule has 1 aliphatic carbocycles. The van der Waals surface area contributed by atoms with Crippen LogP contribution in [0.2, 0.25) is 0 Å². The van der Waals surface area contributed by atoms with Crippen LogP contribution in [0.5, 0.6) is 0 Å². The topological polar surface area (TPSA) is 91.8 Å². The van der Waals surface area contributed by atoms with Crippen molar-refractivity contribution in [2.45, 2.75) is 76.2 Å². The van der Waals surface area contributed by atoms with Crippen molar-refractivity contribution in [2.75, 3.05) is 37.7 Å². The van der Waals surface area contributed by atoms with E-state index < -0.39 is 10.0 Å². The Hall–Kier alpha value is -0.510. The number of nitrogens with one attached hydrogen (secondary N) is 3. The molecule has 0 radical (unpaired) electrons. The van der Waals surface area contributed by atoms with Crippen molar-refractivity contribution in [1.29, 1.82) is 0 Å². The van der Waals surface area contributed by atoms with E-state index in [0.29, 0.717) is 17.8 Å². The molecule has 3 atom stereocenters. The number of guanidine groups is 1. The lowest BCUT2D eigenvalue weighted by Crippen LogP contribution is -2.46. The summed E-state index contributed by atoms with van der Waals surface area (Å²) < 4.78 is 32.7. The van der Waals surface area contributed by atoms with Crippen molar-refractivity contribution in [2.24, 2.45) is 4.99 Å². The first-order valence-electron chi connectivity index (χ1n) is 10.8. The van der Waals surface area contributed by atoms with Crippen molar-refractivity contribution >= 4 is 27.7 Å². The van der Waals surface area contributed by atoms with Gasteiger partial charge in [-0.05, 0) is 51.2 Å². The van der Waals surface area contributed by atoms with Gasteiger partial charge >= 0.3 is 0 Å². The number of rotatable bonds is 10. The van der Waals surface area contributed by atoms with Gasteiger partial charge in [0, 0.05) is 31.0 Å². The Balaban J connectivity index is 1.77. The number of ether oxygens (including phenoxy) is 1. The number of hydrogen-bond donors (Lipinski definition) is 3. The molecule has 2 rings (SSSR count). The van der Waals surface area contributed by atoms with Gasteiger partial charge in [-0.2, -0.15) is 11.8 Å². The molecule has 0 aromatic heterocycles. The van der Waals surface area contributed by atoms with Gasteiger partial charge in [-0.15, -0.1) is 0 Å². The van der Waals surface area contributed by atoms with Gasteiger partial charge in [-0.3, -0.25) is 4.99 Å². The van der Waals surface area contributed by atoms with Crippen LogP contribution in [0.4, 0.5) is 0 Å². The van der Waals surface area contributed by atoms with Gasteiger partial charge in [0.15, 0.2) is 5.96 Å². The fourth-order valence-corrected chi connectivity index (χ4v) is 5.80. The summed E-state index contributed by atoms with van der Waals surface area (Å²) in [5.74, 6) is 1.87. The van der Waals surface area contributed by atoms with E-state index >= 15 is 0 Å². The molecule has 2 aliphatic rings. The van der Waals surface area contributed by atoms with Crippen LogP contribution in [0.3, 0.4) is 0 Å². The molecule has 9 heteroatoms. The zero-order chi connectivity index (χ0) is 20.2. The van der Waals surface area contributed by atoms with Crippen LogP contribution in [-0.4, -0.2) is 69.5 Å². The average Bonchev–Trinajstić information content (AvgIpc) is 2.68.